The summed E-state index contributed by atoms with van der Waals surface area (Å²) < 4.78 is 69.9. The monoisotopic (exact) mass is 428 g/mol. The van der Waals surface area contributed by atoms with Crippen molar-refractivity contribution in [2.24, 2.45) is 7.05 Å². The van der Waals surface area contributed by atoms with E-state index in [1.54, 1.807) is 0 Å². The molecule has 0 amide bonds. The molecular formula is C17H15F3N4O4S. The minimum absolute atomic E-state index is 0.00438. The Morgan fingerprint density at radius 2 is 1.90 bits per heavy atom. The highest BCUT2D eigenvalue weighted by molar-refractivity contribution is 7.91. The molecule has 0 fully saturated rings. The van der Waals surface area contributed by atoms with Crippen LogP contribution in [-0.4, -0.2) is 46.8 Å². The molecule has 0 unspecified atom stereocenters. The smallest absolute Gasteiger partial charge is 0.417 e. The Balaban J connectivity index is 2.28. The molecule has 0 aliphatic heterocycles. The number of esters is 1. The summed E-state index contributed by atoms with van der Waals surface area (Å²) in [6.07, 6.45) is -2.81. The number of pyridine rings is 2. The lowest BCUT2D eigenvalue weighted by Crippen LogP contribution is -2.12. The Hall–Kier alpha value is -3.02. The van der Waals surface area contributed by atoms with Crippen LogP contribution in [-0.2, 0) is 27.8 Å². The van der Waals surface area contributed by atoms with E-state index >= 15 is 0 Å². The molecule has 29 heavy (non-hydrogen) atoms. The van der Waals surface area contributed by atoms with E-state index in [0.717, 1.165) is 25.4 Å². The van der Waals surface area contributed by atoms with E-state index in [9.17, 15) is 26.4 Å². The number of rotatable bonds is 4. The van der Waals surface area contributed by atoms with Crippen LogP contribution in [0.5, 0.6) is 0 Å². The third-order valence-electron chi connectivity index (χ3n) is 4.24. The first kappa shape index (κ1) is 20.7. The molecule has 3 aromatic heterocycles. The molecule has 0 aliphatic rings. The quantitative estimate of drug-likeness (QED) is 0.589. The van der Waals surface area contributed by atoms with Crippen molar-refractivity contribution < 1.29 is 31.1 Å². The zero-order valence-corrected chi connectivity index (χ0v) is 16.3. The molecular weight excluding hydrogens is 413 g/mol. The van der Waals surface area contributed by atoms with Gasteiger partial charge in [-0.15, -0.1) is 0 Å². The highest BCUT2D eigenvalue weighted by atomic mass is 32.2. The molecule has 0 radical (unpaired) electrons. The number of nitrogens with zero attached hydrogens (tertiary/aromatic N) is 4. The number of methoxy groups -OCH3 is 1. The maximum absolute atomic E-state index is 13.0. The van der Waals surface area contributed by atoms with Crippen LogP contribution in [0, 0.1) is 0 Å². The number of carbonyl (C=O) groups excluding carboxylic acids is 1. The second-order valence-electron chi connectivity index (χ2n) is 6.02. The highest BCUT2D eigenvalue weighted by Gasteiger charge is 2.32. The van der Waals surface area contributed by atoms with Crippen molar-refractivity contribution in [3.05, 3.63) is 35.7 Å². The van der Waals surface area contributed by atoms with Gasteiger partial charge in [0.25, 0.3) is 0 Å². The fourth-order valence-electron chi connectivity index (χ4n) is 2.68. The second kappa shape index (κ2) is 7.10. The summed E-state index contributed by atoms with van der Waals surface area (Å²) in [5.41, 5.74) is -1.12. The normalized spacial score (nSPS) is 12.3. The van der Waals surface area contributed by atoms with Gasteiger partial charge in [-0.25, -0.2) is 23.2 Å². The number of sulfone groups is 1. The molecule has 12 heteroatoms. The van der Waals surface area contributed by atoms with Crippen LogP contribution in [0.2, 0.25) is 0 Å². The lowest BCUT2D eigenvalue weighted by molar-refractivity contribution is -0.137. The SMILES string of the molecule is CCS(=O)(=O)c1cc(C(=O)OC)cnc1-c1nc2cc(C(F)(F)F)cnc2n1C. The molecule has 0 bridgehead atoms. The Morgan fingerprint density at radius 3 is 2.48 bits per heavy atom. The number of alkyl halides is 3. The average molecular weight is 428 g/mol. The number of aromatic nitrogens is 4. The van der Waals surface area contributed by atoms with Crippen LogP contribution in [0.1, 0.15) is 22.8 Å². The number of hydrogen-bond donors (Lipinski definition) is 0. The molecule has 154 valence electrons. The third kappa shape index (κ3) is 3.67. The molecule has 0 atom stereocenters. The van der Waals surface area contributed by atoms with Crippen LogP contribution in [0.15, 0.2) is 29.4 Å². The van der Waals surface area contributed by atoms with Gasteiger partial charge in [-0.1, -0.05) is 6.92 Å². The molecule has 8 nitrogen and oxygen atoms in total. The van der Waals surface area contributed by atoms with Gasteiger partial charge >= 0.3 is 12.1 Å². The van der Waals surface area contributed by atoms with Gasteiger partial charge in [-0.05, 0) is 12.1 Å². The molecule has 0 aliphatic carbocycles. The van der Waals surface area contributed by atoms with E-state index in [1.165, 1.54) is 18.5 Å². The van der Waals surface area contributed by atoms with Gasteiger partial charge in [0.1, 0.15) is 11.2 Å². The molecule has 0 spiro atoms. The molecule has 0 saturated heterocycles. The topological polar surface area (TPSA) is 104 Å². The van der Waals surface area contributed by atoms with Crippen LogP contribution < -0.4 is 0 Å². The van der Waals surface area contributed by atoms with Gasteiger partial charge in [0, 0.05) is 19.4 Å². The van der Waals surface area contributed by atoms with Crippen LogP contribution in [0.3, 0.4) is 0 Å². The first-order valence-electron chi connectivity index (χ1n) is 8.20. The van der Waals surface area contributed by atoms with Crippen molar-refractivity contribution in [1.82, 2.24) is 19.5 Å². The molecule has 0 saturated carbocycles. The van der Waals surface area contributed by atoms with Gasteiger partial charge in [0.05, 0.1) is 28.9 Å². The molecule has 3 aromatic rings. The van der Waals surface area contributed by atoms with Crippen molar-refractivity contribution in [2.45, 2.75) is 18.0 Å². The predicted molar refractivity (Wildman–Crippen MR) is 95.8 cm³/mol. The fraction of sp³-hybridized carbons (Fsp3) is 0.294. The minimum atomic E-state index is -4.60. The summed E-state index contributed by atoms with van der Waals surface area (Å²) in [6, 6.07) is 1.93. The average Bonchev–Trinajstić information content (AvgIpc) is 3.02. The standard InChI is InChI=1S/C17H15F3N4O4S/c1-4-29(26,27)12-5-9(16(25)28-3)7-21-13(12)15-23-11-6-10(17(18,19)20)8-22-14(11)24(15)2/h5-8H,4H2,1-3H3. The number of ether oxygens (including phenoxy) is 1. The van der Waals surface area contributed by atoms with Gasteiger partial charge in [-0.2, -0.15) is 13.2 Å². The van der Waals surface area contributed by atoms with E-state index in [2.05, 4.69) is 19.7 Å². The van der Waals surface area contributed by atoms with Gasteiger partial charge in [-0.3, -0.25) is 4.98 Å². The van der Waals surface area contributed by atoms with Crippen molar-refractivity contribution in [3.8, 4) is 11.5 Å². The predicted octanol–water partition coefficient (Wildman–Crippen LogP) is 2.63. The lowest BCUT2D eigenvalue weighted by atomic mass is 10.2. The Labute approximate surface area is 163 Å². The van der Waals surface area contributed by atoms with Crippen LogP contribution in [0.4, 0.5) is 13.2 Å². The zero-order valence-electron chi connectivity index (χ0n) is 15.5. The fourth-order valence-corrected chi connectivity index (χ4v) is 3.73. The van der Waals surface area contributed by atoms with E-state index in [0.29, 0.717) is 6.20 Å². The second-order valence-corrected chi connectivity index (χ2v) is 8.27. The number of hydrogen-bond acceptors (Lipinski definition) is 7. The highest BCUT2D eigenvalue weighted by Crippen LogP contribution is 2.32. The number of fused-ring (bicyclic) bond motifs is 1. The summed E-state index contributed by atoms with van der Waals surface area (Å²) in [7, 11) is -1.24. The summed E-state index contributed by atoms with van der Waals surface area (Å²) in [5.74, 6) is -1.07. The molecule has 3 rings (SSSR count). The van der Waals surface area contributed by atoms with Gasteiger partial charge in [0.2, 0.25) is 0 Å². The Morgan fingerprint density at radius 1 is 1.21 bits per heavy atom. The van der Waals surface area contributed by atoms with Crippen LogP contribution >= 0.6 is 0 Å². The largest absolute Gasteiger partial charge is 0.465 e. The van der Waals surface area contributed by atoms with Crippen molar-refractivity contribution in [2.75, 3.05) is 12.9 Å². The lowest BCUT2D eigenvalue weighted by Gasteiger charge is -2.10. The van der Waals surface area contributed by atoms with Crippen molar-refractivity contribution in [1.29, 1.82) is 0 Å². The summed E-state index contributed by atoms with van der Waals surface area (Å²) in [4.78, 5) is 23.5. The summed E-state index contributed by atoms with van der Waals surface area (Å²) in [6.45, 7) is 1.41. The van der Waals surface area contributed by atoms with E-state index in [-0.39, 0.29) is 38.9 Å². The third-order valence-corrected chi connectivity index (χ3v) is 5.98. The summed E-state index contributed by atoms with van der Waals surface area (Å²) in [5, 5.41) is 0. The molecule has 0 N–H and O–H groups in total. The maximum Gasteiger partial charge on any atom is 0.417 e. The summed E-state index contributed by atoms with van der Waals surface area (Å²) >= 11 is 0. The van der Waals surface area contributed by atoms with Crippen molar-refractivity contribution >= 4 is 27.0 Å². The molecule has 3 heterocycles. The maximum atomic E-state index is 13.0. The number of aryl methyl sites for hydroxylation is 1. The van der Waals surface area contributed by atoms with Gasteiger partial charge in [0.15, 0.2) is 21.3 Å². The van der Waals surface area contributed by atoms with E-state index < -0.39 is 27.5 Å². The number of carbonyl (C=O) groups is 1. The zero-order chi connectivity index (χ0) is 21.6. The van der Waals surface area contributed by atoms with E-state index in [4.69, 9.17) is 0 Å². The minimum Gasteiger partial charge on any atom is -0.465 e. The number of imidazole rings is 1. The van der Waals surface area contributed by atoms with Gasteiger partial charge < -0.3 is 9.30 Å². The Kier molecular flexibility index (Phi) is 5.07. The van der Waals surface area contributed by atoms with Crippen molar-refractivity contribution in [3.63, 3.8) is 0 Å². The van der Waals surface area contributed by atoms with Crippen LogP contribution in [0.25, 0.3) is 22.7 Å². The van der Waals surface area contributed by atoms with E-state index in [1.807, 2.05) is 0 Å². The number of halogens is 3. The first-order chi connectivity index (χ1) is 13.5. The molecule has 0 aromatic carbocycles. The Bertz CT molecular complexity index is 1220. The first-order valence-corrected chi connectivity index (χ1v) is 9.86.